The highest BCUT2D eigenvalue weighted by molar-refractivity contribution is 7.06. The molecule has 54 valence electrons. The van der Waals surface area contributed by atoms with Crippen molar-refractivity contribution in [2.24, 2.45) is 5.92 Å². The third kappa shape index (κ3) is 0.904. The van der Waals surface area contributed by atoms with E-state index in [1.54, 1.807) is 6.07 Å². The van der Waals surface area contributed by atoms with Crippen LogP contribution in [0.5, 0.6) is 5.88 Å². The Morgan fingerprint density at radius 2 is 2.50 bits per heavy atom. The minimum atomic E-state index is 0.180. The topological polar surface area (TPSA) is 33.1 Å². The first-order valence-corrected chi connectivity index (χ1v) is 4.20. The Morgan fingerprint density at radius 3 is 2.90 bits per heavy atom. The van der Waals surface area contributed by atoms with Crippen LogP contribution in [-0.4, -0.2) is 9.48 Å². The molecule has 1 heterocycles. The van der Waals surface area contributed by atoms with Crippen LogP contribution in [0.25, 0.3) is 0 Å². The molecule has 0 bridgehead atoms. The standard InChI is InChI=1S/C7H9NOS/c1-4-2-5(4)6-3-7(9)8-10-6/h3-5H,2H2,1H3,(H,8,9). The Labute approximate surface area is 63.7 Å². The second kappa shape index (κ2) is 1.95. The van der Waals surface area contributed by atoms with Crippen molar-refractivity contribution in [1.29, 1.82) is 0 Å². The molecule has 1 saturated carbocycles. The van der Waals surface area contributed by atoms with Crippen molar-refractivity contribution in [3.8, 4) is 5.88 Å². The van der Waals surface area contributed by atoms with Crippen molar-refractivity contribution in [2.75, 3.05) is 0 Å². The van der Waals surface area contributed by atoms with Gasteiger partial charge in [-0.25, -0.2) is 0 Å². The highest BCUT2D eigenvalue weighted by atomic mass is 32.1. The molecule has 0 aromatic carbocycles. The summed E-state index contributed by atoms with van der Waals surface area (Å²) in [6, 6.07) is 1.78. The lowest BCUT2D eigenvalue weighted by Crippen LogP contribution is -1.70. The Morgan fingerprint density at radius 1 is 1.80 bits per heavy atom. The molecule has 2 rings (SSSR count). The normalized spacial score (nSPS) is 30.5. The van der Waals surface area contributed by atoms with Gasteiger partial charge < -0.3 is 5.11 Å². The van der Waals surface area contributed by atoms with Crippen molar-refractivity contribution in [1.82, 2.24) is 4.37 Å². The van der Waals surface area contributed by atoms with Crippen LogP contribution in [0.3, 0.4) is 0 Å². The van der Waals surface area contributed by atoms with Crippen LogP contribution in [0.1, 0.15) is 24.1 Å². The fourth-order valence-corrected chi connectivity index (χ4v) is 2.05. The summed E-state index contributed by atoms with van der Waals surface area (Å²) in [6.45, 7) is 2.22. The predicted octanol–water partition coefficient (Wildman–Crippen LogP) is 1.97. The van der Waals surface area contributed by atoms with Gasteiger partial charge in [0, 0.05) is 10.9 Å². The second-order valence-electron chi connectivity index (χ2n) is 2.91. The Bertz CT molecular complexity index is 246. The number of nitrogens with zero attached hydrogens (tertiary/aromatic N) is 1. The fourth-order valence-electron chi connectivity index (χ4n) is 1.17. The molecule has 1 aromatic rings. The third-order valence-corrected chi connectivity index (χ3v) is 2.90. The van der Waals surface area contributed by atoms with Gasteiger partial charge in [-0.05, 0) is 29.8 Å². The molecule has 0 saturated heterocycles. The Balaban J connectivity index is 2.20. The lowest BCUT2D eigenvalue weighted by atomic mass is 10.3. The third-order valence-electron chi connectivity index (χ3n) is 1.99. The number of hydrogen-bond acceptors (Lipinski definition) is 3. The highest BCUT2D eigenvalue weighted by Crippen LogP contribution is 2.48. The van der Waals surface area contributed by atoms with Crippen LogP contribution in [0.15, 0.2) is 6.07 Å². The van der Waals surface area contributed by atoms with E-state index in [0.29, 0.717) is 5.92 Å². The molecule has 1 aliphatic carbocycles. The Hall–Kier alpha value is -0.570. The molecule has 2 nitrogen and oxygen atoms in total. The molecular formula is C7H9NOS. The molecule has 1 fully saturated rings. The molecular weight excluding hydrogens is 146 g/mol. The average molecular weight is 155 g/mol. The van der Waals surface area contributed by atoms with Gasteiger partial charge in [-0.15, -0.1) is 0 Å². The summed E-state index contributed by atoms with van der Waals surface area (Å²) in [4.78, 5) is 1.24. The van der Waals surface area contributed by atoms with Crippen LogP contribution < -0.4 is 0 Å². The van der Waals surface area contributed by atoms with Crippen molar-refractivity contribution in [3.63, 3.8) is 0 Å². The minimum absolute atomic E-state index is 0.180. The molecule has 1 aliphatic rings. The lowest BCUT2D eigenvalue weighted by Gasteiger charge is -1.84. The van der Waals surface area contributed by atoms with Gasteiger partial charge in [-0.1, -0.05) is 6.92 Å². The predicted molar refractivity (Wildman–Crippen MR) is 40.3 cm³/mol. The summed E-state index contributed by atoms with van der Waals surface area (Å²) in [7, 11) is 0. The molecule has 2 atom stereocenters. The summed E-state index contributed by atoms with van der Waals surface area (Å²) in [6.07, 6.45) is 1.27. The summed E-state index contributed by atoms with van der Waals surface area (Å²) in [5.41, 5.74) is 0. The van der Waals surface area contributed by atoms with E-state index in [1.807, 2.05) is 0 Å². The van der Waals surface area contributed by atoms with Gasteiger partial charge in [0.15, 0.2) is 0 Å². The van der Waals surface area contributed by atoms with Crippen LogP contribution in [0.2, 0.25) is 0 Å². The van der Waals surface area contributed by atoms with Crippen molar-refractivity contribution in [2.45, 2.75) is 19.3 Å². The second-order valence-corrected chi connectivity index (χ2v) is 3.74. The van der Waals surface area contributed by atoms with Crippen LogP contribution in [0, 0.1) is 5.92 Å². The number of rotatable bonds is 1. The van der Waals surface area contributed by atoms with Gasteiger partial charge in [0.05, 0.1) is 0 Å². The first-order valence-electron chi connectivity index (χ1n) is 3.43. The highest BCUT2D eigenvalue weighted by Gasteiger charge is 2.35. The molecule has 10 heavy (non-hydrogen) atoms. The van der Waals surface area contributed by atoms with E-state index >= 15 is 0 Å². The molecule has 0 amide bonds. The largest absolute Gasteiger partial charge is 0.493 e. The zero-order chi connectivity index (χ0) is 7.14. The van der Waals surface area contributed by atoms with E-state index in [1.165, 1.54) is 22.8 Å². The van der Waals surface area contributed by atoms with Crippen molar-refractivity contribution in [3.05, 3.63) is 10.9 Å². The van der Waals surface area contributed by atoms with Gasteiger partial charge in [0.1, 0.15) is 0 Å². The summed E-state index contributed by atoms with van der Waals surface area (Å²) in [5.74, 6) is 1.68. The molecule has 3 heteroatoms. The van der Waals surface area contributed by atoms with Gasteiger partial charge >= 0.3 is 0 Å². The first kappa shape index (κ1) is 6.16. The maximum atomic E-state index is 8.92. The summed E-state index contributed by atoms with van der Waals surface area (Å²) < 4.78 is 3.81. The molecule has 0 radical (unpaired) electrons. The van der Waals surface area contributed by atoms with Gasteiger partial charge in [-0.3, -0.25) is 0 Å². The quantitative estimate of drug-likeness (QED) is 0.672. The molecule has 0 spiro atoms. The van der Waals surface area contributed by atoms with E-state index in [4.69, 9.17) is 5.11 Å². The van der Waals surface area contributed by atoms with E-state index in [9.17, 15) is 0 Å². The van der Waals surface area contributed by atoms with Crippen LogP contribution in [0.4, 0.5) is 0 Å². The number of aromatic hydroxyl groups is 1. The maximum Gasteiger partial charge on any atom is 0.222 e. The maximum absolute atomic E-state index is 8.92. The van der Waals surface area contributed by atoms with Crippen LogP contribution in [-0.2, 0) is 0 Å². The summed E-state index contributed by atoms with van der Waals surface area (Å²) >= 11 is 1.42. The summed E-state index contributed by atoms with van der Waals surface area (Å²) in [5, 5.41) is 8.92. The monoisotopic (exact) mass is 155 g/mol. The first-order chi connectivity index (χ1) is 4.77. The zero-order valence-corrected chi connectivity index (χ0v) is 6.56. The van der Waals surface area contributed by atoms with Gasteiger partial charge in [0.25, 0.3) is 0 Å². The van der Waals surface area contributed by atoms with Crippen LogP contribution >= 0.6 is 11.5 Å². The minimum Gasteiger partial charge on any atom is -0.493 e. The van der Waals surface area contributed by atoms with Gasteiger partial charge in [-0.2, -0.15) is 4.37 Å². The number of aromatic nitrogens is 1. The smallest absolute Gasteiger partial charge is 0.222 e. The van der Waals surface area contributed by atoms with Crippen molar-refractivity contribution < 1.29 is 5.11 Å². The Kier molecular flexibility index (Phi) is 1.20. The van der Waals surface area contributed by atoms with E-state index in [0.717, 1.165) is 5.92 Å². The zero-order valence-electron chi connectivity index (χ0n) is 5.74. The van der Waals surface area contributed by atoms with E-state index in [2.05, 4.69) is 11.3 Å². The molecule has 1 N–H and O–H groups in total. The van der Waals surface area contributed by atoms with Crippen molar-refractivity contribution >= 4 is 11.5 Å². The van der Waals surface area contributed by atoms with Gasteiger partial charge in [0.2, 0.25) is 5.88 Å². The number of hydrogen-bond donors (Lipinski definition) is 1. The van der Waals surface area contributed by atoms with E-state index in [-0.39, 0.29) is 5.88 Å². The molecule has 2 unspecified atom stereocenters. The SMILES string of the molecule is CC1CC1c1cc(O)ns1. The molecule has 0 aliphatic heterocycles. The fraction of sp³-hybridized carbons (Fsp3) is 0.571. The molecule has 1 aromatic heterocycles. The lowest BCUT2D eigenvalue weighted by molar-refractivity contribution is 0.459. The average Bonchev–Trinajstić information content (AvgIpc) is 2.42. The van der Waals surface area contributed by atoms with E-state index < -0.39 is 0 Å².